The van der Waals surface area contributed by atoms with Crippen LogP contribution in [0, 0.1) is 5.82 Å². The van der Waals surface area contributed by atoms with E-state index in [0.717, 1.165) is 37.6 Å². The minimum absolute atomic E-state index is 0.0219. The van der Waals surface area contributed by atoms with Gasteiger partial charge in [-0.1, -0.05) is 23.2 Å². The first kappa shape index (κ1) is 23.6. The van der Waals surface area contributed by atoms with E-state index in [0.29, 0.717) is 5.56 Å². The topological polar surface area (TPSA) is 97.5 Å². The van der Waals surface area contributed by atoms with Gasteiger partial charge in [0.15, 0.2) is 5.60 Å². The molecule has 4 rings (SSSR count). The number of benzene rings is 1. The highest BCUT2D eigenvalue weighted by atomic mass is 35.5. The molecule has 2 aliphatic rings. The normalized spacial score (nSPS) is 22.2. The number of pyridine rings is 1. The molecular weight excluding hydrogens is 470 g/mol. The van der Waals surface area contributed by atoms with Crippen molar-refractivity contribution in [2.75, 3.05) is 4.90 Å². The Labute approximate surface area is 201 Å². The first-order chi connectivity index (χ1) is 15.5. The van der Waals surface area contributed by atoms with Crippen LogP contribution in [-0.4, -0.2) is 40.5 Å². The maximum Gasteiger partial charge on any atom is 0.263 e. The number of primary amides is 1. The van der Waals surface area contributed by atoms with Crippen LogP contribution in [0.15, 0.2) is 30.5 Å². The number of aromatic nitrogens is 1. The van der Waals surface area contributed by atoms with Gasteiger partial charge in [0.1, 0.15) is 17.4 Å². The first-order valence-corrected chi connectivity index (χ1v) is 11.5. The Kier molecular flexibility index (Phi) is 6.42. The minimum atomic E-state index is -1.24. The quantitative estimate of drug-likeness (QED) is 0.589. The molecule has 3 atom stereocenters. The van der Waals surface area contributed by atoms with Crippen LogP contribution in [-0.2, 0) is 4.79 Å². The Morgan fingerprint density at radius 3 is 2.42 bits per heavy atom. The number of carbonyl (C=O) groups excluding carboxylic acids is 2. The average Bonchev–Trinajstić information content (AvgIpc) is 3.02. The van der Waals surface area contributed by atoms with Gasteiger partial charge in [-0.2, -0.15) is 0 Å². The number of nitrogens with zero attached hydrogens (tertiary/aromatic N) is 2. The fourth-order valence-electron chi connectivity index (χ4n) is 4.62. The first-order valence-electron chi connectivity index (χ1n) is 10.7. The zero-order chi connectivity index (χ0) is 23.9. The van der Waals surface area contributed by atoms with Gasteiger partial charge in [-0.3, -0.25) is 9.59 Å². The fraction of sp³-hybridized carbons (Fsp3) is 0.435. The number of nitrogens with one attached hydrogen (secondary N) is 1. The second kappa shape index (κ2) is 8.99. The molecular formula is C23H25Cl2FN4O3. The van der Waals surface area contributed by atoms with E-state index in [9.17, 15) is 14.0 Å². The third-order valence-electron chi connectivity index (χ3n) is 6.25. The van der Waals surface area contributed by atoms with Crippen molar-refractivity contribution in [3.05, 3.63) is 51.9 Å². The number of nitrogens with two attached hydrogens (primary N) is 1. The summed E-state index contributed by atoms with van der Waals surface area (Å²) in [6.45, 7) is 3.26. The van der Waals surface area contributed by atoms with Gasteiger partial charge in [0.2, 0.25) is 5.91 Å². The van der Waals surface area contributed by atoms with Crippen LogP contribution in [0.4, 0.5) is 10.2 Å². The molecule has 2 fully saturated rings. The Hall–Kier alpha value is -2.58. The van der Waals surface area contributed by atoms with E-state index in [-0.39, 0.29) is 39.8 Å². The van der Waals surface area contributed by atoms with Crippen molar-refractivity contribution in [3.8, 4) is 5.75 Å². The average molecular weight is 495 g/mol. The number of piperidine rings is 1. The number of hydrogen-bond donors (Lipinski definition) is 2. The Morgan fingerprint density at radius 2 is 1.85 bits per heavy atom. The van der Waals surface area contributed by atoms with Crippen molar-refractivity contribution >= 4 is 40.8 Å². The van der Waals surface area contributed by atoms with Crippen LogP contribution in [0.1, 0.15) is 49.9 Å². The molecule has 3 heterocycles. The highest BCUT2D eigenvalue weighted by Crippen LogP contribution is 2.39. The summed E-state index contributed by atoms with van der Waals surface area (Å²) in [5.74, 6) is -0.502. The van der Waals surface area contributed by atoms with Gasteiger partial charge in [-0.25, -0.2) is 9.37 Å². The number of rotatable bonds is 6. The van der Waals surface area contributed by atoms with E-state index >= 15 is 0 Å². The van der Waals surface area contributed by atoms with Crippen molar-refractivity contribution in [2.45, 2.75) is 63.3 Å². The lowest BCUT2D eigenvalue weighted by molar-refractivity contribution is -0.135. The van der Waals surface area contributed by atoms with Gasteiger partial charge >= 0.3 is 0 Å². The molecule has 2 saturated heterocycles. The van der Waals surface area contributed by atoms with Gasteiger partial charge in [-0.05, 0) is 57.7 Å². The van der Waals surface area contributed by atoms with Crippen molar-refractivity contribution < 1.29 is 18.7 Å². The zero-order valence-electron chi connectivity index (χ0n) is 18.3. The number of fused-ring (bicyclic) bond motifs is 2. The Bertz CT molecular complexity index is 1070. The molecule has 2 amide bonds. The SMILES string of the molecule is CC(C)(Oc1cc(Cl)c(F)cc1Cl)C(=O)N[C@H]1C[C@H]2CC[C@@H](C1)N2c1ccc(C(N)=O)cn1. The molecule has 0 spiro atoms. The van der Waals surface area contributed by atoms with Crippen LogP contribution in [0.2, 0.25) is 10.0 Å². The van der Waals surface area contributed by atoms with E-state index in [1.54, 1.807) is 19.9 Å². The van der Waals surface area contributed by atoms with Gasteiger partial charge in [-0.15, -0.1) is 0 Å². The maximum atomic E-state index is 13.6. The van der Waals surface area contributed by atoms with Gasteiger partial charge in [0.25, 0.3) is 5.91 Å². The molecule has 3 N–H and O–H groups in total. The highest BCUT2D eigenvalue weighted by Gasteiger charge is 2.43. The Balaban J connectivity index is 1.41. The van der Waals surface area contributed by atoms with Gasteiger partial charge in [0, 0.05) is 30.4 Å². The zero-order valence-corrected chi connectivity index (χ0v) is 19.8. The monoisotopic (exact) mass is 494 g/mol. The standard InChI is InChI=1S/C23H25Cl2FN4O3/c1-23(2,33-19-10-16(24)18(26)9-17(19)25)22(32)29-13-7-14-4-5-15(8-13)30(14)20-6-3-12(11-28-20)21(27)31/h3,6,9-11,13-15H,4-5,7-8H2,1-2H3,(H2,27,31)(H,29,32)/t13-,14+,15-. The van der Waals surface area contributed by atoms with Crippen molar-refractivity contribution in [1.82, 2.24) is 10.3 Å². The number of ether oxygens (including phenoxy) is 1. The molecule has 176 valence electrons. The molecule has 33 heavy (non-hydrogen) atoms. The minimum Gasteiger partial charge on any atom is -0.476 e. The molecule has 0 radical (unpaired) electrons. The molecule has 2 bridgehead atoms. The summed E-state index contributed by atoms with van der Waals surface area (Å²) in [6, 6.07) is 6.27. The summed E-state index contributed by atoms with van der Waals surface area (Å²) in [7, 11) is 0. The number of halogens is 3. The van der Waals surface area contributed by atoms with Gasteiger partial charge < -0.3 is 20.7 Å². The van der Waals surface area contributed by atoms with Crippen LogP contribution in [0.25, 0.3) is 0 Å². The fourth-order valence-corrected chi connectivity index (χ4v) is 4.96. The summed E-state index contributed by atoms with van der Waals surface area (Å²) in [5.41, 5.74) is 4.44. The second-order valence-electron chi connectivity index (χ2n) is 9.01. The lowest BCUT2D eigenvalue weighted by Crippen LogP contribution is -2.55. The van der Waals surface area contributed by atoms with E-state index in [1.807, 2.05) is 6.07 Å². The van der Waals surface area contributed by atoms with Crippen LogP contribution in [0.3, 0.4) is 0 Å². The highest BCUT2D eigenvalue weighted by molar-refractivity contribution is 6.34. The summed E-state index contributed by atoms with van der Waals surface area (Å²) >= 11 is 11.9. The molecule has 2 aromatic rings. The van der Waals surface area contributed by atoms with E-state index in [4.69, 9.17) is 33.7 Å². The molecule has 10 heteroatoms. The van der Waals surface area contributed by atoms with Crippen molar-refractivity contribution in [3.63, 3.8) is 0 Å². The van der Waals surface area contributed by atoms with E-state index < -0.39 is 17.3 Å². The lowest BCUT2D eigenvalue weighted by atomic mass is 9.96. The van der Waals surface area contributed by atoms with Crippen LogP contribution in [0.5, 0.6) is 5.75 Å². The van der Waals surface area contributed by atoms with Gasteiger partial charge in [0.05, 0.1) is 15.6 Å². The van der Waals surface area contributed by atoms with Crippen LogP contribution >= 0.6 is 23.2 Å². The lowest BCUT2D eigenvalue weighted by Gasteiger charge is -2.40. The van der Waals surface area contributed by atoms with E-state index in [1.165, 1.54) is 12.3 Å². The molecule has 0 unspecified atom stereocenters. The third-order valence-corrected chi connectivity index (χ3v) is 6.84. The number of carbonyl (C=O) groups is 2. The summed E-state index contributed by atoms with van der Waals surface area (Å²) in [4.78, 5) is 31.0. The van der Waals surface area contributed by atoms with Crippen molar-refractivity contribution in [1.29, 1.82) is 0 Å². The number of anilines is 1. The largest absolute Gasteiger partial charge is 0.476 e. The predicted octanol–water partition coefficient (Wildman–Crippen LogP) is 4.10. The summed E-state index contributed by atoms with van der Waals surface area (Å²) in [5, 5.41) is 3.01. The molecule has 7 nitrogen and oxygen atoms in total. The molecule has 2 aliphatic heterocycles. The van der Waals surface area contributed by atoms with Crippen LogP contribution < -0.4 is 20.7 Å². The second-order valence-corrected chi connectivity index (χ2v) is 9.83. The van der Waals surface area contributed by atoms with E-state index in [2.05, 4.69) is 15.2 Å². The Morgan fingerprint density at radius 1 is 1.18 bits per heavy atom. The predicted molar refractivity (Wildman–Crippen MR) is 124 cm³/mol. The number of amides is 2. The smallest absolute Gasteiger partial charge is 0.263 e. The molecule has 1 aromatic heterocycles. The molecule has 1 aromatic carbocycles. The third kappa shape index (κ3) is 4.87. The molecule has 0 saturated carbocycles. The maximum absolute atomic E-state index is 13.6. The summed E-state index contributed by atoms with van der Waals surface area (Å²) in [6.07, 6.45) is 5.03. The van der Waals surface area contributed by atoms with Crippen molar-refractivity contribution in [2.24, 2.45) is 5.73 Å². The molecule has 0 aliphatic carbocycles. The number of hydrogen-bond acceptors (Lipinski definition) is 5. The summed E-state index contributed by atoms with van der Waals surface area (Å²) < 4.78 is 19.4.